The Morgan fingerprint density at radius 1 is 1.32 bits per heavy atom. The normalized spacial score (nSPS) is 18.3. The first-order valence-electron chi connectivity index (χ1n) is 8.63. The SMILES string of the molecule is CC[C@@H]1CN(C(=O)c2ncoc2C)CCC(=O)N1Cc1ccccc1. The lowest BCUT2D eigenvalue weighted by molar-refractivity contribution is -0.133. The smallest absolute Gasteiger partial charge is 0.276 e. The van der Waals surface area contributed by atoms with Gasteiger partial charge in [0.1, 0.15) is 5.76 Å². The number of carbonyl (C=O) groups excluding carboxylic acids is 2. The van der Waals surface area contributed by atoms with Crippen LogP contribution in [0, 0.1) is 6.92 Å². The number of nitrogens with zero attached hydrogens (tertiary/aromatic N) is 3. The van der Waals surface area contributed by atoms with Crippen molar-refractivity contribution in [1.29, 1.82) is 0 Å². The molecule has 1 aliphatic rings. The van der Waals surface area contributed by atoms with Crippen LogP contribution in [0.25, 0.3) is 0 Å². The molecule has 2 aromatic rings. The van der Waals surface area contributed by atoms with Gasteiger partial charge in [0.25, 0.3) is 5.91 Å². The zero-order valence-electron chi connectivity index (χ0n) is 14.6. The van der Waals surface area contributed by atoms with E-state index < -0.39 is 0 Å². The molecule has 132 valence electrons. The molecule has 3 rings (SSSR count). The van der Waals surface area contributed by atoms with Gasteiger partial charge in [0.2, 0.25) is 5.91 Å². The molecule has 1 fully saturated rings. The standard InChI is InChI=1S/C19H23N3O3/c1-3-16-12-21(19(24)18-14(2)25-13-20-18)10-9-17(23)22(16)11-15-7-5-4-6-8-15/h4-8,13,16H,3,9-12H2,1-2H3/t16-/m1/s1. The van der Waals surface area contributed by atoms with Crippen molar-refractivity contribution in [2.24, 2.45) is 0 Å². The first kappa shape index (κ1) is 17.2. The summed E-state index contributed by atoms with van der Waals surface area (Å²) in [4.78, 5) is 33.1. The van der Waals surface area contributed by atoms with Crippen LogP contribution in [-0.4, -0.2) is 45.7 Å². The highest BCUT2D eigenvalue weighted by atomic mass is 16.3. The lowest BCUT2D eigenvalue weighted by Crippen LogP contribution is -2.44. The van der Waals surface area contributed by atoms with E-state index in [9.17, 15) is 9.59 Å². The molecule has 1 aromatic heterocycles. The van der Waals surface area contributed by atoms with Crippen molar-refractivity contribution in [3.63, 3.8) is 0 Å². The first-order chi connectivity index (χ1) is 12.1. The van der Waals surface area contributed by atoms with Crippen LogP contribution in [0.2, 0.25) is 0 Å². The summed E-state index contributed by atoms with van der Waals surface area (Å²) in [6.45, 7) is 5.27. The van der Waals surface area contributed by atoms with E-state index in [1.807, 2.05) is 42.2 Å². The van der Waals surface area contributed by atoms with E-state index in [-0.39, 0.29) is 17.9 Å². The summed E-state index contributed by atoms with van der Waals surface area (Å²) < 4.78 is 5.15. The van der Waals surface area contributed by atoms with Crippen LogP contribution in [0.15, 0.2) is 41.1 Å². The largest absolute Gasteiger partial charge is 0.448 e. The van der Waals surface area contributed by atoms with Gasteiger partial charge in [-0.3, -0.25) is 9.59 Å². The Labute approximate surface area is 147 Å². The van der Waals surface area contributed by atoms with Gasteiger partial charge < -0.3 is 14.2 Å². The van der Waals surface area contributed by atoms with Crippen molar-refractivity contribution in [2.75, 3.05) is 13.1 Å². The molecule has 2 amide bonds. The number of benzene rings is 1. The van der Waals surface area contributed by atoms with Gasteiger partial charge >= 0.3 is 0 Å². The summed E-state index contributed by atoms with van der Waals surface area (Å²) >= 11 is 0. The fourth-order valence-corrected chi connectivity index (χ4v) is 3.21. The summed E-state index contributed by atoms with van der Waals surface area (Å²) in [5.41, 5.74) is 1.43. The average molecular weight is 341 g/mol. The second kappa shape index (κ2) is 7.51. The van der Waals surface area contributed by atoms with Gasteiger partial charge in [0, 0.05) is 32.1 Å². The minimum Gasteiger partial charge on any atom is -0.448 e. The lowest BCUT2D eigenvalue weighted by Gasteiger charge is -2.31. The van der Waals surface area contributed by atoms with Gasteiger partial charge in [-0.25, -0.2) is 4.98 Å². The number of aryl methyl sites for hydroxylation is 1. The number of hydrogen-bond donors (Lipinski definition) is 0. The highest BCUT2D eigenvalue weighted by molar-refractivity contribution is 5.93. The molecule has 6 nitrogen and oxygen atoms in total. The summed E-state index contributed by atoms with van der Waals surface area (Å²) in [6.07, 6.45) is 2.40. The predicted octanol–water partition coefficient (Wildman–Crippen LogP) is 2.64. The molecule has 1 aliphatic heterocycles. The summed E-state index contributed by atoms with van der Waals surface area (Å²) in [7, 11) is 0. The molecule has 0 aliphatic carbocycles. The summed E-state index contributed by atoms with van der Waals surface area (Å²) in [5, 5.41) is 0. The van der Waals surface area contributed by atoms with E-state index in [1.54, 1.807) is 11.8 Å². The van der Waals surface area contributed by atoms with E-state index in [0.717, 1.165) is 12.0 Å². The van der Waals surface area contributed by atoms with Crippen LogP contribution in [0.1, 0.15) is 41.6 Å². The monoisotopic (exact) mass is 341 g/mol. The number of rotatable bonds is 4. The molecule has 25 heavy (non-hydrogen) atoms. The fraction of sp³-hybridized carbons (Fsp3) is 0.421. The van der Waals surface area contributed by atoms with Gasteiger partial charge in [-0.05, 0) is 18.9 Å². The summed E-state index contributed by atoms with van der Waals surface area (Å²) in [6, 6.07) is 9.94. The second-order valence-corrected chi connectivity index (χ2v) is 6.33. The average Bonchev–Trinajstić information content (AvgIpc) is 2.99. The first-order valence-corrected chi connectivity index (χ1v) is 8.63. The molecule has 0 spiro atoms. The third-order valence-corrected chi connectivity index (χ3v) is 4.69. The van der Waals surface area contributed by atoms with E-state index in [0.29, 0.717) is 37.5 Å². The van der Waals surface area contributed by atoms with Crippen LogP contribution >= 0.6 is 0 Å². The Balaban J connectivity index is 1.79. The number of oxazole rings is 1. The Hall–Kier alpha value is -2.63. The third-order valence-electron chi connectivity index (χ3n) is 4.69. The Morgan fingerprint density at radius 3 is 2.72 bits per heavy atom. The van der Waals surface area contributed by atoms with Crippen molar-refractivity contribution in [2.45, 2.75) is 39.3 Å². The maximum absolute atomic E-state index is 12.7. The predicted molar refractivity (Wildman–Crippen MR) is 92.8 cm³/mol. The van der Waals surface area contributed by atoms with Crippen molar-refractivity contribution in [3.8, 4) is 0 Å². The third kappa shape index (κ3) is 3.73. The molecule has 0 radical (unpaired) electrons. The molecule has 1 aromatic carbocycles. The van der Waals surface area contributed by atoms with Crippen LogP contribution in [0.3, 0.4) is 0 Å². The minimum atomic E-state index is -0.168. The molecule has 0 saturated carbocycles. The molecule has 0 bridgehead atoms. The van der Waals surface area contributed by atoms with Crippen LogP contribution in [0.4, 0.5) is 0 Å². The zero-order chi connectivity index (χ0) is 17.8. The van der Waals surface area contributed by atoms with E-state index in [2.05, 4.69) is 4.98 Å². The molecule has 0 unspecified atom stereocenters. The maximum Gasteiger partial charge on any atom is 0.276 e. The minimum absolute atomic E-state index is 0.00800. The molecule has 2 heterocycles. The fourth-order valence-electron chi connectivity index (χ4n) is 3.21. The van der Waals surface area contributed by atoms with E-state index in [4.69, 9.17) is 4.42 Å². The maximum atomic E-state index is 12.7. The highest BCUT2D eigenvalue weighted by Crippen LogP contribution is 2.19. The van der Waals surface area contributed by atoms with Gasteiger partial charge in [0.15, 0.2) is 12.1 Å². The Morgan fingerprint density at radius 2 is 2.08 bits per heavy atom. The molecule has 0 N–H and O–H groups in total. The number of aromatic nitrogens is 1. The molecule has 1 saturated heterocycles. The van der Waals surface area contributed by atoms with Crippen molar-refractivity contribution in [1.82, 2.24) is 14.8 Å². The molecule has 1 atom stereocenters. The van der Waals surface area contributed by atoms with Crippen LogP contribution in [0.5, 0.6) is 0 Å². The van der Waals surface area contributed by atoms with Gasteiger partial charge in [-0.2, -0.15) is 0 Å². The van der Waals surface area contributed by atoms with E-state index in [1.165, 1.54) is 6.39 Å². The highest BCUT2D eigenvalue weighted by Gasteiger charge is 2.32. The van der Waals surface area contributed by atoms with Crippen molar-refractivity contribution >= 4 is 11.8 Å². The number of amides is 2. The Kier molecular flexibility index (Phi) is 5.16. The van der Waals surface area contributed by atoms with Crippen LogP contribution in [-0.2, 0) is 11.3 Å². The van der Waals surface area contributed by atoms with Crippen molar-refractivity contribution in [3.05, 3.63) is 53.7 Å². The van der Waals surface area contributed by atoms with Crippen LogP contribution < -0.4 is 0 Å². The van der Waals surface area contributed by atoms with Crippen molar-refractivity contribution < 1.29 is 14.0 Å². The second-order valence-electron chi connectivity index (χ2n) is 6.33. The van der Waals surface area contributed by atoms with Gasteiger partial charge in [-0.1, -0.05) is 37.3 Å². The van der Waals surface area contributed by atoms with E-state index >= 15 is 0 Å². The zero-order valence-corrected chi connectivity index (χ0v) is 14.6. The summed E-state index contributed by atoms with van der Waals surface area (Å²) in [5.74, 6) is 0.428. The lowest BCUT2D eigenvalue weighted by atomic mass is 10.1. The molecule has 6 heteroatoms. The molecular formula is C19H23N3O3. The topological polar surface area (TPSA) is 66.7 Å². The Bertz CT molecular complexity index is 741. The number of hydrogen-bond acceptors (Lipinski definition) is 4. The van der Waals surface area contributed by atoms with Gasteiger partial charge in [-0.15, -0.1) is 0 Å². The quantitative estimate of drug-likeness (QED) is 0.857. The number of carbonyl (C=O) groups is 2. The molecular weight excluding hydrogens is 318 g/mol. The van der Waals surface area contributed by atoms with Gasteiger partial charge in [0.05, 0.1) is 0 Å².